The summed E-state index contributed by atoms with van der Waals surface area (Å²) in [5, 5.41) is 0. The molecule has 0 saturated carbocycles. The Morgan fingerprint density at radius 2 is 1.44 bits per heavy atom. The molecule has 0 aromatic carbocycles. The molecule has 0 aliphatic carbocycles. The van der Waals surface area contributed by atoms with Crippen LogP contribution in [0.5, 0.6) is 0 Å². The average Bonchev–Trinajstić information content (AvgIpc) is 2.59. The Labute approximate surface area is 129 Å². The highest BCUT2D eigenvalue weighted by Crippen LogP contribution is 2.47. The Hall–Kier alpha value is -1.42. The van der Waals surface area contributed by atoms with Gasteiger partial charge in [-0.2, -0.15) is 30.7 Å². The lowest BCUT2D eigenvalue weighted by atomic mass is 10.1. The van der Waals surface area contributed by atoms with E-state index in [4.69, 9.17) is 0 Å². The van der Waals surface area contributed by atoms with Crippen molar-refractivity contribution in [2.75, 3.05) is 13.2 Å². The number of carbonyl (C=O) groups is 1. The zero-order chi connectivity index (χ0) is 19.9. The van der Waals surface area contributed by atoms with Crippen LogP contribution in [0.3, 0.4) is 0 Å². The predicted molar refractivity (Wildman–Crippen MR) is 48.7 cm³/mol. The van der Waals surface area contributed by atoms with Gasteiger partial charge in [0, 0.05) is 0 Å². The highest BCUT2D eigenvalue weighted by molar-refractivity contribution is 5.81. The highest BCUT2D eigenvalue weighted by atomic mass is 19.4. The molecule has 1 aliphatic heterocycles. The quantitative estimate of drug-likeness (QED) is 0.402. The van der Waals surface area contributed by atoms with Gasteiger partial charge in [-0.15, -0.1) is 8.78 Å². The molecular weight excluding hydrogens is 397 g/mol. The largest absolute Gasteiger partial charge is 0.492 e. The van der Waals surface area contributed by atoms with E-state index >= 15 is 0 Å². The zero-order valence-electron chi connectivity index (χ0n) is 11.2. The van der Waals surface area contributed by atoms with E-state index < -0.39 is 55.9 Å². The maximum Gasteiger partial charge on any atom is 0.492 e. The van der Waals surface area contributed by atoms with Crippen LogP contribution in [0.25, 0.3) is 0 Å². The molecule has 0 radical (unpaired) electrons. The van der Waals surface area contributed by atoms with Crippen molar-refractivity contribution >= 4 is 5.97 Å². The van der Waals surface area contributed by atoms with Gasteiger partial charge in [0.25, 0.3) is 6.36 Å². The Bertz CT molecular complexity index is 489. The maximum absolute atomic E-state index is 13.3. The molecule has 0 spiro atoms. The molecule has 0 aromatic rings. The average molecular weight is 402 g/mol. The van der Waals surface area contributed by atoms with Crippen LogP contribution in [0, 0.1) is 0 Å². The van der Waals surface area contributed by atoms with Crippen LogP contribution in [-0.4, -0.2) is 55.9 Å². The normalized spacial score (nSPS) is 27.4. The molecule has 1 saturated heterocycles. The van der Waals surface area contributed by atoms with E-state index in [2.05, 4.69) is 18.9 Å². The third-order valence-electron chi connectivity index (χ3n) is 2.45. The van der Waals surface area contributed by atoms with E-state index in [1.807, 2.05) is 0 Å². The van der Waals surface area contributed by atoms with E-state index in [-0.39, 0.29) is 0 Å². The topological polar surface area (TPSA) is 54.0 Å². The Kier molecular flexibility index (Phi) is 5.52. The smallest absolute Gasteiger partial charge is 0.460 e. The van der Waals surface area contributed by atoms with Crippen molar-refractivity contribution in [2.24, 2.45) is 0 Å². The van der Waals surface area contributed by atoms with Gasteiger partial charge in [0.1, 0.15) is 6.61 Å². The number of halogens is 11. The molecule has 1 fully saturated rings. The van der Waals surface area contributed by atoms with E-state index in [0.717, 1.165) is 0 Å². The van der Waals surface area contributed by atoms with Gasteiger partial charge in [0.2, 0.25) is 0 Å². The summed E-state index contributed by atoms with van der Waals surface area (Å²) in [5.74, 6) is -3.48. The maximum atomic E-state index is 13.3. The molecule has 25 heavy (non-hydrogen) atoms. The number of ether oxygens (including phenoxy) is 4. The summed E-state index contributed by atoms with van der Waals surface area (Å²) in [5.41, 5.74) is -6.41. The molecule has 2 unspecified atom stereocenters. The van der Waals surface area contributed by atoms with Crippen LogP contribution in [0.4, 0.5) is 48.3 Å². The van der Waals surface area contributed by atoms with E-state index in [1.165, 1.54) is 0 Å². The van der Waals surface area contributed by atoms with Gasteiger partial charge in [-0.05, 0) is 0 Å². The van der Waals surface area contributed by atoms with Gasteiger partial charge < -0.3 is 9.47 Å². The second-order valence-corrected chi connectivity index (χ2v) is 4.22. The third kappa shape index (κ3) is 4.22. The Balaban J connectivity index is 2.65. The number of alkyl halides is 11. The van der Waals surface area contributed by atoms with Crippen LogP contribution < -0.4 is 0 Å². The number of hydrogen-bond donors (Lipinski definition) is 0. The first-order valence-corrected chi connectivity index (χ1v) is 5.68. The fraction of sp³-hybridized carbons (Fsp3) is 0.889. The zero-order valence-corrected chi connectivity index (χ0v) is 11.2. The van der Waals surface area contributed by atoms with Crippen molar-refractivity contribution in [3.8, 4) is 0 Å². The van der Waals surface area contributed by atoms with Gasteiger partial charge in [-0.3, -0.25) is 4.74 Å². The number of rotatable bonds is 5. The molecule has 0 N–H and O–H groups in total. The summed E-state index contributed by atoms with van der Waals surface area (Å²) in [6, 6.07) is -4.29. The molecule has 16 heteroatoms. The molecule has 0 amide bonds. The number of hydrogen-bond acceptors (Lipinski definition) is 5. The van der Waals surface area contributed by atoms with Gasteiger partial charge in [-0.25, -0.2) is 18.3 Å². The van der Waals surface area contributed by atoms with Crippen molar-refractivity contribution < 1.29 is 72.0 Å². The van der Waals surface area contributed by atoms with Gasteiger partial charge in [-0.1, -0.05) is 0 Å². The van der Waals surface area contributed by atoms with Crippen LogP contribution in [0.15, 0.2) is 0 Å². The minimum absolute atomic E-state index is 1.59. The monoisotopic (exact) mass is 402 g/mol. The summed E-state index contributed by atoms with van der Waals surface area (Å²) in [6.07, 6.45) is -21.8. The van der Waals surface area contributed by atoms with Crippen molar-refractivity contribution in [1.82, 2.24) is 0 Å². The van der Waals surface area contributed by atoms with E-state index in [1.54, 1.807) is 0 Å². The molecule has 0 aromatic heterocycles. The molecule has 2 atom stereocenters. The van der Waals surface area contributed by atoms with Crippen LogP contribution in [-0.2, 0) is 23.7 Å². The van der Waals surface area contributed by atoms with Crippen molar-refractivity contribution in [3.63, 3.8) is 0 Å². The number of carbonyl (C=O) groups excluding carboxylic acids is 1. The van der Waals surface area contributed by atoms with Crippen LogP contribution >= 0.6 is 0 Å². The molecule has 148 valence electrons. The van der Waals surface area contributed by atoms with Gasteiger partial charge in [0.15, 0.2) is 0 Å². The number of esters is 1. The fourth-order valence-corrected chi connectivity index (χ4v) is 1.33. The lowest BCUT2D eigenvalue weighted by Gasteiger charge is -2.27. The summed E-state index contributed by atoms with van der Waals surface area (Å²) >= 11 is 0. The molecule has 0 bridgehead atoms. The summed E-state index contributed by atoms with van der Waals surface area (Å²) in [6.45, 7) is -3.29. The lowest BCUT2D eigenvalue weighted by molar-refractivity contribution is -0.408. The van der Waals surface area contributed by atoms with Gasteiger partial charge >= 0.3 is 36.3 Å². The highest BCUT2D eigenvalue weighted by Gasteiger charge is 2.78. The Morgan fingerprint density at radius 1 is 0.960 bits per heavy atom. The summed E-state index contributed by atoms with van der Waals surface area (Å²) in [7, 11) is 0. The van der Waals surface area contributed by atoms with Crippen molar-refractivity contribution in [2.45, 2.75) is 36.7 Å². The molecule has 1 heterocycles. The minimum Gasteiger partial charge on any atom is -0.460 e. The SMILES string of the molecule is O=C(OCCOC1(F)OC(F)(F)OC1F)C(F)(C(F)(F)F)C(F)(F)F. The lowest BCUT2D eigenvalue weighted by Crippen LogP contribution is -2.59. The van der Waals surface area contributed by atoms with Crippen LogP contribution in [0.1, 0.15) is 0 Å². The predicted octanol–water partition coefficient (Wildman–Crippen LogP) is 2.90. The van der Waals surface area contributed by atoms with Crippen molar-refractivity contribution in [3.05, 3.63) is 0 Å². The Morgan fingerprint density at radius 3 is 1.80 bits per heavy atom. The second kappa shape index (κ2) is 6.39. The summed E-state index contributed by atoms with van der Waals surface area (Å²) in [4.78, 5) is 10.8. The van der Waals surface area contributed by atoms with E-state index in [0.29, 0.717) is 0 Å². The van der Waals surface area contributed by atoms with Gasteiger partial charge in [0.05, 0.1) is 6.61 Å². The minimum atomic E-state index is -6.75. The molecule has 1 rings (SSSR count). The molecular formula is C9H5F11O5. The van der Waals surface area contributed by atoms with Crippen molar-refractivity contribution in [1.29, 1.82) is 0 Å². The second-order valence-electron chi connectivity index (χ2n) is 4.22. The first-order valence-electron chi connectivity index (χ1n) is 5.68. The summed E-state index contributed by atoms with van der Waals surface area (Å²) < 4.78 is 150. The first-order chi connectivity index (χ1) is 11.0. The molecule has 1 aliphatic rings. The standard InChI is InChI=1S/C9H5F11O5/c10-3-6(12,25-9(19,20)24-3)23-2-1-22-4(21)5(11,7(13,14)15)8(16,17)18/h3H,1-2H2. The fourth-order valence-electron chi connectivity index (χ4n) is 1.33. The van der Waals surface area contributed by atoms with Crippen LogP contribution in [0.2, 0.25) is 0 Å². The first kappa shape index (κ1) is 21.6. The third-order valence-corrected chi connectivity index (χ3v) is 2.45. The van der Waals surface area contributed by atoms with E-state index in [9.17, 15) is 53.1 Å². The molecule has 5 nitrogen and oxygen atoms in total.